The molecule has 0 aromatic heterocycles. The predicted octanol–water partition coefficient (Wildman–Crippen LogP) is 0.548. The summed E-state index contributed by atoms with van der Waals surface area (Å²) in [6.07, 6.45) is 1.48. The molecule has 1 aliphatic carbocycles. The summed E-state index contributed by atoms with van der Waals surface area (Å²) in [5.41, 5.74) is 0. The Balaban J connectivity index is 1.68. The van der Waals surface area contributed by atoms with Crippen LogP contribution in [0.2, 0.25) is 0 Å². The van der Waals surface area contributed by atoms with Gasteiger partial charge in [-0.15, -0.1) is 0 Å². The number of hydrogen-bond acceptors (Lipinski definition) is 2. The van der Waals surface area contributed by atoms with Crippen molar-refractivity contribution < 1.29 is 0 Å². The summed E-state index contributed by atoms with van der Waals surface area (Å²) in [6.45, 7) is 8.66. The standard InChI is InChI=1S/C9H18N2/c1-8-6-9(8)7-11-4-2-10-3-5-11/h8-10H,2-7H2,1H3/t8-,9+/m0/s1. The van der Waals surface area contributed by atoms with E-state index in [1.54, 1.807) is 0 Å². The van der Waals surface area contributed by atoms with E-state index >= 15 is 0 Å². The summed E-state index contributed by atoms with van der Waals surface area (Å²) in [4.78, 5) is 2.60. The van der Waals surface area contributed by atoms with Gasteiger partial charge in [0.05, 0.1) is 0 Å². The molecule has 0 radical (unpaired) electrons. The highest BCUT2D eigenvalue weighted by Gasteiger charge is 2.33. The average Bonchev–Trinajstić information content (AvgIpc) is 2.69. The molecule has 2 nitrogen and oxygen atoms in total. The maximum atomic E-state index is 3.38. The van der Waals surface area contributed by atoms with Crippen molar-refractivity contribution in [1.82, 2.24) is 10.2 Å². The van der Waals surface area contributed by atoms with E-state index in [-0.39, 0.29) is 0 Å². The van der Waals surface area contributed by atoms with Crippen molar-refractivity contribution in [1.29, 1.82) is 0 Å². The zero-order chi connectivity index (χ0) is 7.68. The first-order chi connectivity index (χ1) is 5.36. The smallest absolute Gasteiger partial charge is 0.0107 e. The van der Waals surface area contributed by atoms with Crippen LogP contribution in [0.15, 0.2) is 0 Å². The zero-order valence-electron chi connectivity index (χ0n) is 7.34. The maximum absolute atomic E-state index is 3.38. The van der Waals surface area contributed by atoms with Gasteiger partial charge in [-0.3, -0.25) is 0 Å². The lowest BCUT2D eigenvalue weighted by molar-refractivity contribution is 0.229. The normalized spacial score (nSPS) is 39.0. The molecular formula is C9H18N2. The summed E-state index contributed by atoms with van der Waals surface area (Å²) in [5.74, 6) is 2.05. The van der Waals surface area contributed by atoms with Crippen molar-refractivity contribution >= 4 is 0 Å². The van der Waals surface area contributed by atoms with Gasteiger partial charge in [0.1, 0.15) is 0 Å². The van der Waals surface area contributed by atoms with Gasteiger partial charge in [0, 0.05) is 32.7 Å². The van der Waals surface area contributed by atoms with Crippen molar-refractivity contribution in [3.63, 3.8) is 0 Å². The Labute approximate surface area is 69.0 Å². The number of nitrogens with one attached hydrogen (secondary N) is 1. The molecule has 0 bridgehead atoms. The molecule has 1 N–H and O–H groups in total. The van der Waals surface area contributed by atoms with Gasteiger partial charge in [0.25, 0.3) is 0 Å². The Bertz CT molecular complexity index is 130. The number of hydrogen-bond donors (Lipinski definition) is 1. The van der Waals surface area contributed by atoms with Crippen LogP contribution in [0.4, 0.5) is 0 Å². The molecule has 64 valence electrons. The largest absolute Gasteiger partial charge is 0.314 e. The first-order valence-electron chi connectivity index (χ1n) is 4.79. The van der Waals surface area contributed by atoms with Gasteiger partial charge in [-0.2, -0.15) is 0 Å². The molecule has 1 aliphatic heterocycles. The molecule has 2 aliphatic rings. The summed E-state index contributed by atoms with van der Waals surface area (Å²) < 4.78 is 0. The molecule has 0 aromatic carbocycles. The molecule has 11 heavy (non-hydrogen) atoms. The van der Waals surface area contributed by atoms with E-state index in [9.17, 15) is 0 Å². The van der Waals surface area contributed by atoms with E-state index < -0.39 is 0 Å². The molecule has 0 spiro atoms. The van der Waals surface area contributed by atoms with E-state index in [4.69, 9.17) is 0 Å². The van der Waals surface area contributed by atoms with Crippen LogP contribution in [0.3, 0.4) is 0 Å². The number of rotatable bonds is 2. The summed E-state index contributed by atoms with van der Waals surface area (Å²) in [7, 11) is 0. The molecule has 2 atom stereocenters. The SMILES string of the molecule is C[C@H]1C[C@@H]1CN1CCNCC1. The quantitative estimate of drug-likeness (QED) is 0.625. The highest BCUT2D eigenvalue weighted by Crippen LogP contribution is 2.38. The highest BCUT2D eigenvalue weighted by molar-refractivity contribution is 4.86. The molecule has 2 fully saturated rings. The second-order valence-electron chi connectivity index (χ2n) is 4.02. The van der Waals surface area contributed by atoms with Gasteiger partial charge < -0.3 is 10.2 Å². The number of piperazine rings is 1. The fourth-order valence-corrected chi connectivity index (χ4v) is 1.88. The molecular weight excluding hydrogens is 136 g/mol. The van der Waals surface area contributed by atoms with Crippen LogP contribution in [0.5, 0.6) is 0 Å². The zero-order valence-corrected chi connectivity index (χ0v) is 7.34. The van der Waals surface area contributed by atoms with Gasteiger partial charge in [-0.05, 0) is 18.3 Å². The highest BCUT2D eigenvalue weighted by atomic mass is 15.2. The Morgan fingerprint density at radius 3 is 2.55 bits per heavy atom. The minimum absolute atomic E-state index is 1.02. The van der Waals surface area contributed by atoms with Gasteiger partial charge in [0.2, 0.25) is 0 Å². The maximum Gasteiger partial charge on any atom is 0.0107 e. The second-order valence-corrected chi connectivity index (χ2v) is 4.02. The van der Waals surface area contributed by atoms with E-state index in [0.717, 1.165) is 11.8 Å². The number of nitrogens with zero attached hydrogens (tertiary/aromatic N) is 1. The van der Waals surface area contributed by atoms with Crippen LogP contribution in [0, 0.1) is 11.8 Å². The van der Waals surface area contributed by atoms with E-state index in [1.165, 1.54) is 39.1 Å². The predicted molar refractivity (Wildman–Crippen MR) is 46.6 cm³/mol. The fourth-order valence-electron chi connectivity index (χ4n) is 1.88. The molecule has 0 aromatic rings. The van der Waals surface area contributed by atoms with Gasteiger partial charge in [-0.1, -0.05) is 6.92 Å². The third-order valence-electron chi connectivity index (χ3n) is 2.98. The average molecular weight is 154 g/mol. The van der Waals surface area contributed by atoms with E-state index in [0.29, 0.717) is 0 Å². The van der Waals surface area contributed by atoms with Crippen LogP contribution >= 0.6 is 0 Å². The monoisotopic (exact) mass is 154 g/mol. The van der Waals surface area contributed by atoms with Crippen LogP contribution < -0.4 is 5.32 Å². The summed E-state index contributed by atoms with van der Waals surface area (Å²) in [6, 6.07) is 0. The fraction of sp³-hybridized carbons (Fsp3) is 1.00. The molecule has 1 heterocycles. The van der Waals surface area contributed by atoms with Crippen molar-refractivity contribution in [2.45, 2.75) is 13.3 Å². The molecule has 0 unspecified atom stereocenters. The molecule has 2 rings (SSSR count). The van der Waals surface area contributed by atoms with Crippen molar-refractivity contribution in [2.75, 3.05) is 32.7 Å². The first kappa shape index (κ1) is 7.56. The lowest BCUT2D eigenvalue weighted by Crippen LogP contribution is -2.44. The minimum Gasteiger partial charge on any atom is -0.314 e. The Kier molecular flexibility index (Phi) is 2.14. The Morgan fingerprint density at radius 2 is 2.00 bits per heavy atom. The van der Waals surface area contributed by atoms with Gasteiger partial charge in [-0.25, -0.2) is 0 Å². The molecule has 0 amide bonds. The first-order valence-corrected chi connectivity index (χ1v) is 4.79. The summed E-state index contributed by atoms with van der Waals surface area (Å²) >= 11 is 0. The second kappa shape index (κ2) is 3.11. The Hall–Kier alpha value is -0.0800. The Morgan fingerprint density at radius 1 is 1.36 bits per heavy atom. The third kappa shape index (κ3) is 1.94. The van der Waals surface area contributed by atoms with Crippen LogP contribution in [0.25, 0.3) is 0 Å². The van der Waals surface area contributed by atoms with Crippen molar-refractivity contribution in [2.24, 2.45) is 11.8 Å². The topological polar surface area (TPSA) is 15.3 Å². The molecule has 2 heteroatoms. The van der Waals surface area contributed by atoms with Crippen molar-refractivity contribution in [3.8, 4) is 0 Å². The van der Waals surface area contributed by atoms with E-state index in [2.05, 4.69) is 17.1 Å². The molecule has 1 saturated heterocycles. The molecule has 1 saturated carbocycles. The van der Waals surface area contributed by atoms with E-state index in [1.807, 2.05) is 0 Å². The summed E-state index contributed by atoms with van der Waals surface area (Å²) in [5, 5.41) is 3.38. The lowest BCUT2D eigenvalue weighted by Gasteiger charge is -2.27. The van der Waals surface area contributed by atoms with Crippen LogP contribution in [0.1, 0.15) is 13.3 Å². The minimum atomic E-state index is 1.02. The van der Waals surface area contributed by atoms with Gasteiger partial charge in [0.15, 0.2) is 0 Å². The van der Waals surface area contributed by atoms with Gasteiger partial charge >= 0.3 is 0 Å². The lowest BCUT2D eigenvalue weighted by atomic mass is 10.3. The van der Waals surface area contributed by atoms with Crippen LogP contribution in [-0.4, -0.2) is 37.6 Å². The van der Waals surface area contributed by atoms with Crippen LogP contribution in [-0.2, 0) is 0 Å². The van der Waals surface area contributed by atoms with Crippen molar-refractivity contribution in [3.05, 3.63) is 0 Å². The third-order valence-corrected chi connectivity index (χ3v) is 2.98.